The van der Waals surface area contributed by atoms with Gasteiger partial charge in [0, 0.05) is 19.2 Å². The van der Waals surface area contributed by atoms with Gasteiger partial charge < -0.3 is 10.0 Å². The average molecular weight is 185 g/mol. The number of unbranched alkanes of at least 4 members (excludes halogenated alkanes) is 1. The normalized spacial score (nSPS) is 26.5. The summed E-state index contributed by atoms with van der Waals surface area (Å²) in [6.45, 7) is 7.23. The summed E-state index contributed by atoms with van der Waals surface area (Å²) in [5.74, 6) is 0.545. The molecule has 1 heterocycles. The Kier molecular flexibility index (Phi) is 4.74. The Balaban J connectivity index is 2.20. The summed E-state index contributed by atoms with van der Waals surface area (Å²) in [6.07, 6.45) is 5.13. The molecule has 1 saturated heterocycles. The Labute approximate surface area is 81.9 Å². The fourth-order valence-corrected chi connectivity index (χ4v) is 2.09. The molecular weight excluding hydrogens is 162 g/mol. The topological polar surface area (TPSA) is 23.5 Å². The molecule has 1 fully saturated rings. The maximum atomic E-state index is 9.01. The lowest BCUT2D eigenvalue weighted by molar-refractivity contribution is 0.198. The van der Waals surface area contributed by atoms with Crippen molar-refractivity contribution in [3.05, 3.63) is 0 Å². The first kappa shape index (κ1) is 11.0. The summed E-state index contributed by atoms with van der Waals surface area (Å²) in [5.41, 5.74) is 0. The van der Waals surface area contributed by atoms with Crippen molar-refractivity contribution in [3.63, 3.8) is 0 Å². The van der Waals surface area contributed by atoms with Crippen LogP contribution in [0.2, 0.25) is 0 Å². The maximum Gasteiger partial charge on any atom is 0.0471 e. The van der Waals surface area contributed by atoms with Crippen LogP contribution in [-0.4, -0.2) is 35.7 Å². The van der Waals surface area contributed by atoms with Gasteiger partial charge in [0.15, 0.2) is 0 Å². The molecular formula is C11H23NO. The number of hydrogen-bond acceptors (Lipinski definition) is 2. The molecule has 0 radical (unpaired) electrons. The third kappa shape index (κ3) is 3.28. The van der Waals surface area contributed by atoms with Gasteiger partial charge in [-0.05, 0) is 32.2 Å². The van der Waals surface area contributed by atoms with Crippen LogP contribution in [0.25, 0.3) is 0 Å². The molecule has 2 atom stereocenters. The number of aliphatic hydroxyl groups excluding tert-OH is 1. The van der Waals surface area contributed by atoms with Crippen LogP contribution in [0.4, 0.5) is 0 Å². The van der Waals surface area contributed by atoms with Crippen LogP contribution >= 0.6 is 0 Å². The van der Waals surface area contributed by atoms with Crippen molar-refractivity contribution in [3.8, 4) is 0 Å². The molecule has 2 heteroatoms. The molecule has 0 unspecified atom stereocenters. The molecule has 1 N–H and O–H groups in total. The maximum absolute atomic E-state index is 9.01. The van der Waals surface area contributed by atoms with Crippen molar-refractivity contribution in [2.45, 2.75) is 45.6 Å². The monoisotopic (exact) mass is 185 g/mol. The predicted octanol–water partition coefficient (Wildman–Crippen LogP) is 1.88. The minimum atomic E-state index is 0.372. The lowest BCUT2D eigenvalue weighted by Crippen LogP contribution is -2.31. The van der Waals surface area contributed by atoms with E-state index in [0.717, 1.165) is 12.6 Å². The van der Waals surface area contributed by atoms with Gasteiger partial charge in [-0.2, -0.15) is 0 Å². The smallest absolute Gasteiger partial charge is 0.0471 e. The largest absolute Gasteiger partial charge is 0.396 e. The van der Waals surface area contributed by atoms with E-state index in [0.29, 0.717) is 12.5 Å². The lowest BCUT2D eigenvalue weighted by Gasteiger charge is -2.23. The van der Waals surface area contributed by atoms with E-state index < -0.39 is 0 Å². The molecule has 78 valence electrons. The van der Waals surface area contributed by atoms with Gasteiger partial charge in [-0.3, -0.25) is 0 Å². The van der Waals surface area contributed by atoms with E-state index >= 15 is 0 Å². The second-order valence-electron chi connectivity index (χ2n) is 4.32. The van der Waals surface area contributed by atoms with Gasteiger partial charge >= 0.3 is 0 Å². The van der Waals surface area contributed by atoms with E-state index in [2.05, 4.69) is 18.7 Å². The second-order valence-corrected chi connectivity index (χ2v) is 4.32. The quantitative estimate of drug-likeness (QED) is 0.707. The van der Waals surface area contributed by atoms with Crippen molar-refractivity contribution in [1.29, 1.82) is 0 Å². The summed E-state index contributed by atoms with van der Waals surface area (Å²) in [5, 5.41) is 9.01. The molecule has 0 saturated carbocycles. The van der Waals surface area contributed by atoms with Crippen molar-refractivity contribution >= 4 is 0 Å². The second kappa shape index (κ2) is 5.61. The zero-order valence-corrected chi connectivity index (χ0v) is 9.00. The van der Waals surface area contributed by atoms with Gasteiger partial charge in [-0.15, -0.1) is 0 Å². The number of rotatable bonds is 5. The molecule has 1 aliphatic heterocycles. The summed E-state index contributed by atoms with van der Waals surface area (Å²) in [6, 6.07) is 0.719. The van der Waals surface area contributed by atoms with Crippen LogP contribution in [0.3, 0.4) is 0 Å². The van der Waals surface area contributed by atoms with Crippen LogP contribution in [0.5, 0.6) is 0 Å². The molecule has 13 heavy (non-hydrogen) atoms. The van der Waals surface area contributed by atoms with Crippen molar-refractivity contribution in [2.75, 3.05) is 19.7 Å². The minimum Gasteiger partial charge on any atom is -0.396 e. The van der Waals surface area contributed by atoms with E-state index in [1.165, 1.54) is 32.2 Å². The Morgan fingerprint density at radius 2 is 2.31 bits per heavy atom. The highest BCUT2D eigenvalue weighted by Gasteiger charge is 2.24. The van der Waals surface area contributed by atoms with Gasteiger partial charge in [-0.1, -0.05) is 19.8 Å². The van der Waals surface area contributed by atoms with Gasteiger partial charge in [0.2, 0.25) is 0 Å². The zero-order valence-electron chi connectivity index (χ0n) is 9.00. The zero-order chi connectivity index (χ0) is 9.68. The molecule has 0 spiro atoms. The highest BCUT2D eigenvalue weighted by molar-refractivity contribution is 4.78. The van der Waals surface area contributed by atoms with Gasteiger partial charge in [0.1, 0.15) is 0 Å². The fraction of sp³-hybridized carbons (Fsp3) is 1.00. The first-order chi connectivity index (χ1) is 6.27. The van der Waals surface area contributed by atoms with Gasteiger partial charge in [0.05, 0.1) is 0 Å². The SMILES string of the molecule is CCCC[C@H](C)N1CC[C@H](CO)C1. The van der Waals surface area contributed by atoms with Crippen LogP contribution in [0.15, 0.2) is 0 Å². The summed E-state index contributed by atoms with van der Waals surface area (Å²) < 4.78 is 0. The summed E-state index contributed by atoms with van der Waals surface area (Å²) in [4.78, 5) is 2.52. The highest BCUT2D eigenvalue weighted by Crippen LogP contribution is 2.20. The average Bonchev–Trinajstić information content (AvgIpc) is 2.62. The Morgan fingerprint density at radius 1 is 1.54 bits per heavy atom. The summed E-state index contributed by atoms with van der Waals surface area (Å²) in [7, 11) is 0. The van der Waals surface area contributed by atoms with Crippen LogP contribution in [-0.2, 0) is 0 Å². The van der Waals surface area contributed by atoms with Crippen LogP contribution in [0, 0.1) is 5.92 Å². The molecule has 0 amide bonds. The van der Waals surface area contributed by atoms with Crippen LogP contribution in [0.1, 0.15) is 39.5 Å². The number of likely N-dealkylation sites (tertiary alicyclic amines) is 1. The first-order valence-electron chi connectivity index (χ1n) is 5.62. The molecule has 0 aromatic rings. The van der Waals surface area contributed by atoms with Crippen molar-refractivity contribution in [2.24, 2.45) is 5.92 Å². The summed E-state index contributed by atoms with van der Waals surface area (Å²) >= 11 is 0. The van der Waals surface area contributed by atoms with Gasteiger partial charge in [-0.25, -0.2) is 0 Å². The van der Waals surface area contributed by atoms with Gasteiger partial charge in [0.25, 0.3) is 0 Å². The van der Waals surface area contributed by atoms with Crippen molar-refractivity contribution in [1.82, 2.24) is 4.90 Å². The van der Waals surface area contributed by atoms with Crippen LogP contribution < -0.4 is 0 Å². The van der Waals surface area contributed by atoms with E-state index in [-0.39, 0.29) is 0 Å². The van der Waals surface area contributed by atoms with E-state index in [4.69, 9.17) is 5.11 Å². The highest BCUT2D eigenvalue weighted by atomic mass is 16.3. The number of aliphatic hydroxyl groups is 1. The van der Waals surface area contributed by atoms with Crippen molar-refractivity contribution < 1.29 is 5.11 Å². The number of hydrogen-bond donors (Lipinski definition) is 1. The van der Waals surface area contributed by atoms with E-state index in [1.807, 2.05) is 0 Å². The standard InChI is InChI=1S/C11H23NO/c1-3-4-5-10(2)12-7-6-11(8-12)9-13/h10-11,13H,3-9H2,1-2H3/t10-,11-/m0/s1. The third-order valence-corrected chi connectivity index (χ3v) is 3.17. The molecule has 1 rings (SSSR count). The molecule has 0 aromatic carbocycles. The minimum absolute atomic E-state index is 0.372. The molecule has 0 aliphatic carbocycles. The predicted molar refractivity (Wildman–Crippen MR) is 55.8 cm³/mol. The Morgan fingerprint density at radius 3 is 2.85 bits per heavy atom. The molecule has 0 aromatic heterocycles. The van der Waals surface area contributed by atoms with E-state index in [1.54, 1.807) is 0 Å². The Bertz CT molecular complexity index is 138. The van der Waals surface area contributed by atoms with E-state index in [9.17, 15) is 0 Å². The Hall–Kier alpha value is -0.0800. The molecule has 2 nitrogen and oxygen atoms in total. The molecule has 1 aliphatic rings. The third-order valence-electron chi connectivity index (χ3n) is 3.17. The number of nitrogens with zero attached hydrogens (tertiary/aromatic N) is 1. The fourth-order valence-electron chi connectivity index (χ4n) is 2.09. The molecule has 0 bridgehead atoms. The lowest BCUT2D eigenvalue weighted by atomic mass is 10.1. The first-order valence-corrected chi connectivity index (χ1v) is 5.62.